The van der Waals surface area contributed by atoms with E-state index in [2.05, 4.69) is 41.3 Å². The first kappa shape index (κ1) is 35.6. The van der Waals surface area contributed by atoms with Crippen molar-refractivity contribution in [1.29, 1.82) is 5.26 Å². The highest BCUT2D eigenvalue weighted by molar-refractivity contribution is 6.31. The molecule has 3 aliphatic heterocycles. The van der Waals surface area contributed by atoms with E-state index in [0.717, 1.165) is 107 Å². The van der Waals surface area contributed by atoms with Crippen LogP contribution in [0, 0.1) is 17.2 Å². The van der Waals surface area contributed by atoms with Gasteiger partial charge in [-0.3, -0.25) is 24.6 Å². The molecule has 4 fully saturated rings. The van der Waals surface area contributed by atoms with E-state index in [-0.39, 0.29) is 35.4 Å². The zero-order chi connectivity index (χ0) is 36.2. The number of benzene rings is 1. The molecule has 272 valence electrons. The number of halogens is 1. The molecule has 7 rings (SSSR count). The fraction of sp³-hybridized carbons (Fsp3) is 0.500. The maximum Gasteiger partial charge on any atom is 0.269 e. The van der Waals surface area contributed by atoms with Crippen LogP contribution in [0.3, 0.4) is 0 Å². The second-order valence-corrected chi connectivity index (χ2v) is 14.8. The third-order valence-electron chi connectivity index (χ3n) is 11.1. The number of hydrogen-bond acceptors (Lipinski definition) is 11. The minimum absolute atomic E-state index is 0.0173. The Morgan fingerprint density at radius 1 is 0.923 bits per heavy atom. The van der Waals surface area contributed by atoms with Crippen molar-refractivity contribution in [2.75, 3.05) is 55.6 Å². The van der Waals surface area contributed by atoms with Crippen molar-refractivity contribution in [2.24, 2.45) is 11.7 Å². The molecule has 1 atom stereocenters. The van der Waals surface area contributed by atoms with E-state index in [9.17, 15) is 14.4 Å². The Labute approximate surface area is 308 Å². The molecule has 1 aromatic carbocycles. The molecule has 3 aromatic rings. The van der Waals surface area contributed by atoms with Crippen LogP contribution in [0.2, 0.25) is 5.02 Å². The maximum absolute atomic E-state index is 12.4. The predicted molar refractivity (Wildman–Crippen MR) is 195 cm³/mol. The minimum Gasteiger partial charge on any atom is -0.490 e. The Kier molecular flexibility index (Phi) is 10.8. The van der Waals surface area contributed by atoms with Gasteiger partial charge in [0.2, 0.25) is 11.8 Å². The molecule has 3 N–H and O–H groups in total. The predicted octanol–water partition coefficient (Wildman–Crippen LogP) is 4.16. The number of carbonyl (C=O) groups is 3. The van der Waals surface area contributed by atoms with Gasteiger partial charge in [-0.15, -0.1) is 10.2 Å². The summed E-state index contributed by atoms with van der Waals surface area (Å²) in [5, 5.41) is 20.7. The number of piperidine rings is 2. The molecule has 5 heterocycles. The van der Waals surface area contributed by atoms with Crippen LogP contribution in [0.1, 0.15) is 90.4 Å². The van der Waals surface area contributed by atoms with E-state index in [0.29, 0.717) is 35.1 Å². The highest BCUT2D eigenvalue weighted by Gasteiger charge is 2.31. The average molecular weight is 726 g/mol. The van der Waals surface area contributed by atoms with Crippen LogP contribution in [0.15, 0.2) is 42.6 Å². The lowest BCUT2D eigenvalue weighted by molar-refractivity contribution is -0.134. The summed E-state index contributed by atoms with van der Waals surface area (Å²) in [6.07, 6.45) is 8.08. The number of nitriles is 1. The highest BCUT2D eigenvalue weighted by atomic mass is 35.5. The van der Waals surface area contributed by atoms with Crippen LogP contribution in [0.25, 0.3) is 0 Å². The second-order valence-electron chi connectivity index (χ2n) is 14.4. The lowest BCUT2D eigenvalue weighted by atomic mass is 9.82. The minimum atomic E-state index is -0.557. The first-order chi connectivity index (χ1) is 25.2. The number of aromatic nitrogens is 3. The number of pyridine rings is 1. The summed E-state index contributed by atoms with van der Waals surface area (Å²) in [6.45, 7) is 6.54. The van der Waals surface area contributed by atoms with E-state index in [4.69, 9.17) is 27.3 Å². The summed E-state index contributed by atoms with van der Waals surface area (Å²) < 4.78 is 6.19. The number of rotatable bonds is 9. The molecule has 0 radical (unpaired) electrons. The van der Waals surface area contributed by atoms with Crippen LogP contribution in [0.4, 0.5) is 11.6 Å². The Morgan fingerprint density at radius 3 is 2.33 bits per heavy atom. The molecular formula is C38H44ClN9O4. The third-order valence-corrected chi connectivity index (χ3v) is 11.4. The van der Waals surface area contributed by atoms with Gasteiger partial charge >= 0.3 is 0 Å². The molecule has 3 saturated heterocycles. The zero-order valence-corrected chi connectivity index (χ0v) is 29.9. The van der Waals surface area contributed by atoms with Gasteiger partial charge in [0, 0.05) is 64.5 Å². The number of nitrogens with zero attached hydrogens (tertiary/aromatic N) is 7. The molecule has 3 amide bonds. The number of nitrogens with two attached hydrogens (primary N) is 1. The largest absolute Gasteiger partial charge is 0.490 e. The lowest BCUT2D eigenvalue weighted by Gasteiger charge is -2.39. The van der Waals surface area contributed by atoms with Gasteiger partial charge in [0.1, 0.15) is 17.6 Å². The van der Waals surface area contributed by atoms with E-state index >= 15 is 0 Å². The molecule has 0 spiro atoms. The maximum atomic E-state index is 12.4. The average Bonchev–Trinajstić information content (AvgIpc) is 3.16. The Morgan fingerprint density at radius 2 is 1.67 bits per heavy atom. The van der Waals surface area contributed by atoms with E-state index in [1.165, 1.54) is 0 Å². The van der Waals surface area contributed by atoms with Crippen LogP contribution < -0.4 is 25.6 Å². The Hall–Kier alpha value is -4.80. The van der Waals surface area contributed by atoms with Gasteiger partial charge in [-0.05, 0) is 92.2 Å². The summed E-state index contributed by atoms with van der Waals surface area (Å²) in [5.41, 5.74) is 8.16. The molecule has 14 heteroatoms. The first-order valence-corrected chi connectivity index (χ1v) is 18.7. The number of imide groups is 1. The van der Waals surface area contributed by atoms with Crippen molar-refractivity contribution in [3.05, 3.63) is 70.0 Å². The van der Waals surface area contributed by atoms with Gasteiger partial charge in [-0.1, -0.05) is 17.7 Å². The summed E-state index contributed by atoms with van der Waals surface area (Å²) in [5.74, 6) is 1.77. The summed E-state index contributed by atoms with van der Waals surface area (Å²) >= 11 is 6.20. The fourth-order valence-electron chi connectivity index (χ4n) is 8.07. The van der Waals surface area contributed by atoms with Gasteiger partial charge in [0.25, 0.3) is 5.91 Å². The smallest absolute Gasteiger partial charge is 0.269 e. The molecule has 2 aromatic heterocycles. The number of amides is 3. The van der Waals surface area contributed by atoms with Crippen LogP contribution in [-0.4, -0.2) is 89.7 Å². The number of carbonyl (C=O) groups excluding carboxylic acids is 3. The van der Waals surface area contributed by atoms with Crippen molar-refractivity contribution >= 4 is 41.0 Å². The molecule has 13 nitrogen and oxygen atoms in total. The first-order valence-electron chi connectivity index (χ1n) is 18.3. The van der Waals surface area contributed by atoms with Gasteiger partial charge in [-0.2, -0.15) is 5.26 Å². The topological polar surface area (TPSA) is 171 Å². The van der Waals surface area contributed by atoms with Crippen molar-refractivity contribution in [2.45, 2.75) is 69.3 Å². The van der Waals surface area contributed by atoms with E-state index in [1.54, 1.807) is 24.4 Å². The fourth-order valence-corrected chi connectivity index (χ4v) is 8.28. The lowest BCUT2D eigenvalue weighted by Crippen LogP contribution is -2.49. The SMILES string of the molecule is N#Cc1ccc(OC2CCC(c3cc(N4CCC(CN5CCN(c6ccc(C7CCC(=O)NC7=O)cn6)CC5)CC4)nnc3C(N)=O)CC2)cc1Cl. The summed E-state index contributed by atoms with van der Waals surface area (Å²) in [4.78, 5) is 47.9. The number of primary amides is 1. The third kappa shape index (κ3) is 8.13. The van der Waals surface area contributed by atoms with E-state index < -0.39 is 5.91 Å². The second kappa shape index (κ2) is 15.8. The normalized spacial score (nSPS) is 23.2. The molecule has 1 unspecified atom stereocenters. The monoisotopic (exact) mass is 725 g/mol. The number of anilines is 2. The highest BCUT2D eigenvalue weighted by Crippen LogP contribution is 2.37. The molecule has 1 saturated carbocycles. The number of ether oxygens (including phenoxy) is 1. The van der Waals surface area contributed by atoms with Crippen molar-refractivity contribution in [3.63, 3.8) is 0 Å². The van der Waals surface area contributed by atoms with Crippen molar-refractivity contribution in [1.82, 2.24) is 25.4 Å². The Balaban J connectivity index is 0.881. The van der Waals surface area contributed by atoms with Gasteiger partial charge < -0.3 is 20.3 Å². The standard InChI is InChI=1S/C38H44ClN9O4/c39-32-19-29(7-3-26(32)21-40)52-28-5-1-25(2-6-28)31-20-34(44-45-36(31)37(41)50)47-13-11-24(12-14-47)23-46-15-17-48(18-16-46)33-9-4-27(22-42-33)30-8-10-35(49)43-38(30)51/h3-4,7,9,19-20,22,24-25,28,30H,1-2,5-6,8,10-18,23H2,(H2,41,50)(H,43,49,51). The molecule has 52 heavy (non-hydrogen) atoms. The number of piperazine rings is 1. The summed E-state index contributed by atoms with van der Waals surface area (Å²) in [6, 6.07) is 13.2. The van der Waals surface area contributed by atoms with Gasteiger partial charge in [0.05, 0.1) is 22.6 Å². The zero-order valence-electron chi connectivity index (χ0n) is 29.2. The van der Waals surface area contributed by atoms with Crippen LogP contribution >= 0.6 is 11.6 Å². The van der Waals surface area contributed by atoms with Gasteiger partial charge in [-0.25, -0.2) is 4.98 Å². The van der Waals surface area contributed by atoms with Crippen LogP contribution in [0.5, 0.6) is 5.75 Å². The molecule has 0 bridgehead atoms. The Bertz CT molecular complexity index is 1830. The number of nitrogens with one attached hydrogen (secondary N) is 1. The van der Waals surface area contributed by atoms with Gasteiger partial charge in [0.15, 0.2) is 11.5 Å². The van der Waals surface area contributed by atoms with Crippen molar-refractivity contribution in [3.8, 4) is 11.8 Å². The van der Waals surface area contributed by atoms with Crippen molar-refractivity contribution < 1.29 is 19.1 Å². The molecule has 4 aliphatic rings. The quantitative estimate of drug-likeness (QED) is 0.304. The van der Waals surface area contributed by atoms with Crippen LogP contribution in [-0.2, 0) is 9.59 Å². The number of hydrogen-bond donors (Lipinski definition) is 2. The molecule has 1 aliphatic carbocycles. The molecular weight excluding hydrogens is 682 g/mol. The van der Waals surface area contributed by atoms with E-state index in [1.807, 2.05) is 18.2 Å². The summed E-state index contributed by atoms with van der Waals surface area (Å²) in [7, 11) is 0.